The van der Waals surface area contributed by atoms with Crippen molar-refractivity contribution in [1.29, 1.82) is 0 Å². The van der Waals surface area contributed by atoms with Gasteiger partial charge in [-0.05, 0) is 57.4 Å². The van der Waals surface area contributed by atoms with Crippen LogP contribution < -0.4 is 5.73 Å². The van der Waals surface area contributed by atoms with Crippen LogP contribution in [0.5, 0.6) is 0 Å². The predicted molar refractivity (Wildman–Crippen MR) is 130 cm³/mol. The van der Waals surface area contributed by atoms with E-state index in [1.54, 1.807) is 11.8 Å². The zero-order chi connectivity index (χ0) is 28.7. The van der Waals surface area contributed by atoms with Crippen LogP contribution in [0.1, 0.15) is 45.1 Å². The molecule has 3 rings (SSSR count). The molecule has 5 atom stereocenters. The second-order valence-electron chi connectivity index (χ2n) is 9.28. The normalized spacial score (nSPS) is 24.4. The third-order valence-corrected chi connectivity index (χ3v) is 6.70. The van der Waals surface area contributed by atoms with E-state index in [2.05, 4.69) is 0 Å². The van der Waals surface area contributed by atoms with E-state index in [1.165, 1.54) is 6.92 Å². The van der Waals surface area contributed by atoms with Crippen LogP contribution in [-0.4, -0.2) is 75.3 Å². The lowest BCUT2D eigenvalue weighted by Crippen LogP contribution is -2.66. The minimum absolute atomic E-state index is 0.0301. The summed E-state index contributed by atoms with van der Waals surface area (Å²) in [6.07, 6.45) is 1.52. The average molecular weight is 543 g/mol. The summed E-state index contributed by atoms with van der Waals surface area (Å²) < 4.78 is 37.1. The lowest BCUT2D eigenvalue weighted by atomic mass is 9.82. The summed E-state index contributed by atoms with van der Waals surface area (Å²) in [6, 6.07) is 7.55. The van der Waals surface area contributed by atoms with Gasteiger partial charge in [-0.1, -0.05) is 42.5 Å². The molecule has 1 aromatic carbocycles. The van der Waals surface area contributed by atoms with Gasteiger partial charge in [-0.25, -0.2) is 9.59 Å². The monoisotopic (exact) mass is 542 g/mol. The summed E-state index contributed by atoms with van der Waals surface area (Å²) in [7, 11) is 0. The van der Waals surface area contributed by atoms with Crippen molar-refractivity contribution in [3.8, 4) is 0 Å². The number of nitrogens with two attached hydrogens (primary N) is 1. The van der Waals surface area contributed by atoms with Gasteiger partial charge in [-0.3, -0.25) is 14.5 Å². The fourth-order valence-electron chi connectivity index (χ4n) is 5.09. The number of fused-ring (bicyclic) bond motifs is 1. The van der Waals surface area contributed by atoms with Gasteiger partial charge in [0.2, 0.25) is 0 Å². The summed E-state index contributed by atoms with van der Waals surface area (Å²) in [5.74, 6) is -5.09. The van der Waals surface area contributed by atoms with Gasteiger partial charge >= 0.3 is 24.1 Å². The van der Waals surface area contributed by atoms with Crippen molar-refractivity contribution in [2.45, 2.75) is 75.8 Å². The van der Waals surface area contributed by atoms with Crippen molar-refractivity contribution in [1.82, 2.24) is 4.90 Å². The zero-order valence-corrected chi connectivity index (χ0v) is 21.2. The maximum absolute atomic E-state index is 13.3. The number of carboxylic acids is 2. The Morgan fingerprint density at radius 3 is 2.29 bits per heavy atom. The Bertz CT molecular complexity index is 1030. The lowest BCUT2D eigenvalue weighted by Gasteiger charge is -2.41. The molecule has 1 aromatic rings. The molecular formula is C26H33F3N2O7. The Labute approximate surface area is 218 Å². The van der Waals surface area contributed by atoms with Crippen LogP contribution in [0.25, 0.3) is 0 Å². The number of alkyl halides is 3. The Morgan fingerprint density at radius 1 is 1.18 bits per heavy atom. The number of carbonyl (C=O) groups is 4. The van der Waals surface area contributed by atoms with Crippen LogP contribution >= 0.6 is 0 Å². The molecule has 4 N–H and O–H groups in total. The first-order chi connectivity index (χ1) is 17.8. The van der Waals surface area contributed by atoms with Crippen LogP contribution in [0.4, 0.5) is 13.2 Å². The molecule has 210 valence electrons. The highest BCUT2D eigenvalue weighted by Gasteiger charge is 2.63. The average Bonchev–Trinajstić information content (AvgIpc) is 3.20. The predicted octanol–water partition coefficient (Wildman–Crippen LogP) is 2.96. The van der Waals surface area contributed by atoms with Crippen molar-refractivity contribution in [3.05, 3.63) is 48.0 Å². The Balaban J connectivity index is 0.000000638. The molecular weight excluding hydrogens is 509 g/mol. The van der Waals surface area contributed by atoms with E-state index >= 15 is 0 Å². The van der Waals surface area contributed by atoms with E-state index < -0.39 is 47.5 Å². The SMILES string of the molecule is CCOC(=O)[C@H](CCc1ccccc1)N1[C@@H]2C=CCC[C@@H]2C[C@]1(C(=O)O)C(=O)C(C)N.O=C(O)C(F)(F)F. The molecule has 0 aromatic heterocycles. The number of Topliss-reactive ketones (excluding diaryl/α,β-unsaturated/α-hetero) is 1. The van der Waals surface area contributed by atoms with Gasteiger partial charge in [0, 0.05) is 6.04 Å². The van der Waals surface area contributed by atoms with E-state index in [1.807, 2.05) is 42.5 Å². The summed E-state index contributed by atoms with van der Waals surface area (Å²) >= 11 is 0. The number of carboxylic acid groups (broad SMARTS) is 2. The minimum Gasteiger partial charge on any atom is -0.480 e. The highest BCUT2D eigenvalue weighted by molar-refractivity contribution is 6.10. The molecule has 1 saturated heterocycles. The first-order valence-electron chi connectivity index (χ1n) is 12.3. The molecule has 1 heterocycles. The number of aliphatic carboxylic acids is 2. The van der Waals surface area contributed by atoms with Gasteiger partial charge in [-0.15, -0.1) is 0 Å². The van der Waals surface area contributed by atoms with E-state index in [9.17, 15) is 32.7 Å². The number of carbonyl (C=O) groups excluding carboxylic acids is 2. The third kappa shape index (κ3) is 6.98. The fraction of sp³-hybridized carbons (Fsp3) is 0.538. The van der Waals surface area contributed by atoms with Gasteiger partial charge in [-0.2, -0.15) is 13.2 Å². The number of ketones is 1. The number of aryl methyl sites for hydroxylation is 1. The van der Waals surface area contributed by atoms with E-state index in [4.69, 9.17) is 20.4 Å². The largest absolute Gasteiger partial charge is 0.490 e. The van der Waals surface area contributed by atoms with Gasteiger partial charge < -0.3 is 20.7 Å². The molecule has 0 bridgehead atoms. The minimum atomic E-state index is -5.08. The summed E-state index contributed by atoms with van der Waals surface area (Å²) in [6.45, 7) is 3.41. The molecule has 2 aliphatic rings. The van der Waals surface area contributed by atoms with Crippen molar-refractivity contribution in [2.75, 3.05) is 6.61 Å². The number of allylic oxidation sites excluding steroid dienone is 1. The highest BCUT2D eigenvalue weighted by Crippen LogP contribution is 2.46. The molecule has 0 spiro atoms. The summed E-state index contributed by atoms with van der Waals surface area (Å²) in [5.41, 5.74) is 5.11. The van der Waals surface area contributed by atoms with Crippen LogP contribution in [0.3, 0.4) is 0 Å². The Hall–Kier alpha value is -3.25. The first kappa shape index (κ1) is 31.0. The standard InChI is InChI=1S/C24H32N2O5.C2HF3O2/c1-3-31-22(28)20(14-13-17-9-5-4-6-10-17)26-19-12-8-7-11-18(19)15-24(26,23(29)30)21(27)16(2)25;3-2(4,5)1(6)7/h4-6,8-10,12,16,18-20H,3,7,11,13-15,25H2,1-2H3,(H,29,30);(H,6,7)/t16?,18-,19-,20+,24-;/m1./s1. The van der Waals surface area contributed by atoms with Crippen molar-refractivity contribution in [2.24, 2.45) is 11.7 Å². The third-order valence-electron chi connectivity index (χ3n) is 6.70. The number of esters is 1. The van der Waals surface area contributed by atoms with E-state index in [0.29, 0.717) is 12.8 Å². The maximum Gasteiger partial charge on any atom is 0.490 e. The second-order valence-corrected chi connectivity index (χ2v) is 9.28. The Morgan fingerprint density at radius 2 is 1.79 bits per heavy atom. The summed E-state index contributed by atoms with van der Waals surface area (Å²) in [4.78, 5) is 49.6. The van der Waals surface area contributed by atoms with Gasteiger partial charge in [0.15, 0.2) is 11.3 Å². The van der Waals surface area contributed by atoms with E-state index in [0.717, 1.165) is 18.4 Å². The number of halogens is 3. The summed E-state index contributed by atoms with van der Waals surface area (Å²) in [5, 5.41) is 17.5. The van der Waals surface area contributed by atoms with Crippen molar-refractivity contribution >= 4 is 23.7 Å². The topological polar surface area (TPSA) is 147 Å². The van der Waals surface area contributed by atoms with Crippen LogP contribution in [0, 0.1) is 5.92 Å². The zero-order valence-electron chi connectivity index (χ0n) is 21.2. The molecule has 0 amide bonds. The molecule has 9 nitrogen and oxygen atoms in total. The molecule has 1 aliphatic carbocycles. The van der Waals surface area contributed by atoms with Crippen LogP contribution in [-0.2, 0) is 30.3 Å². The van der Waals surface area contributed by atoms with Crippen molar-refractivity contribution in [3.63, 3.8) is 0 Å². The Kier molecular flexibility index (Phi) is 10.6. The van der Waals surface area contributed by atoms with E-state index in [-0.39, 0.29) is 25.0 Å². The number of rotatable bonds is 9. The molecule has 1 unspecified atom stereocenters. The number of hydrogen-bond acceptors (Lipinski definition) is 7. The maximum atomic E-state index is 13.3. The number of hydrogen-bond donors (Lipinski definition) is 3. The number of likely N-dealkylation sites (tertiary alicyclic amines) is 1. The first-order valence-corrected chi connectivity index (χ1v) is 12.3. The highest BCUT2D eigenvalue weighted by atomic mass is 19.4. The fourth-order valence-corrected chi connectivity index (χ4v) is 5.09. The molecule has 1 aliphatic heterocycles. The molecule has 38 heavy (non-hydrogen) atoms. The second kappa shape index (κ2) is 13.0. The number of benzene rings is 1. The van der Waals surface area contributed by atoms with Gasteiger partial charge in [0.05, 0.1) is 12.6 Å². The number of ether oxygens (including phenoxy) is 1. The van der Waals surface area contributed by atoms with Gasteiger partial charge in [0.25, 0.3) is 0 Å². The van der Waals surface area contributed by atoms with Crippen LogP contribution in [0.2, 0.25) is 0 Å². The lowest BCUT2D eigenvalue weighted by molar-refractivity contribution is -0.192. The van der Waals surface area contributed by atoms with Crippen LogP contribution in [0.15, 0.2) is 42.5 Å². The van der Waals surface area contributed by atoms with Gasteiger partial charge in [0.1, 0.15) is 6.04 Å². The molecule has 0 radical (unpaired) electrons. The smallest absolute Gasteiger partial charge is 0.480 e. The molecule has 0 saturated carbocycles. The quantitative estimate of drug-likeness (QED) is 0.243. The van der Waals surface area contributed by atoms with Crippen molar-refractivity contribution < 1.29 is 47.3 Å². The molecule has 12 heteroatoms. The molecule has 1 fully saturated rings. The number of nitrogens with zero attached hydrogens (tertiary/aromatic N) is 1.